The van der Waals surface area contributed by atoms with Crippen molar-refractivity contribution in [3.63, 3.8) is 0 Å². The standard InChI is InChI=1S/C17H20O8/c1-9-14(21)15(24-10(2)18)16(17(22)23-9)25-13(20)8-5-11-3-6-12(19)7-4-11/h3-9,14-17,19,21-22H,1-2H3/t9-,14+,15-,16-,17-/m1/s1. The van der Waals surface area contributed by atoms with Gasteiger partial charge in [0.1, 0.15) is 11.9 Å². The highest BCUT2D eigenvalue weighted by Crippen LogP contribution is 2.25. The van der Waals surface area contributed by atoms with Crippen molar-refractivity contribution in [1.29, 1.82) is 0 Å². The van der Waals surface area contributed by atoms with Crippen molar-refractivity contribution >= 4 is 18.0 Å². The highest BCUT2D eigenvalue weighted by molar-refractivity contribution is 5.87. The van der Waals surface area contributed by atoms with E-state index < -0.39 is 42.6 Å². The average molecular weight is 352 g/mol. The normalized spacial score (nSPS) is 29.4. The molecule has 25 heavy (non-hydrogen) atoms. The molecular weight excluding hydrogens is 332 g/mol. The third-order valence-electron chi connectivity index (χ3n) is 3.64. The molecule has 1 fully saturated rings. The molecule has 0 aliphatic carbocycles. The molecule has 1 saturated heterocycles. The van der Waals surface area contributed by atoms with Crippen molar-refractivity contribution < 1.29 is 39.1 Å². The molecule has 0 radical (unpaired) electrons. The Labute approximate surface area is 144 Å². The Morgan fingerprint density at radius 2 is 1.76 bits per heavy atom. The predicted molar refractivity (Wildman–Crippen MR) is 85.1 cm³/mol. The van der Waals surface area contributed by atoms with E-state index in [-0.39, 0.29) is 5.75 Å². The molecule has 1 heterocycles. The summed E-state index contributed by atoms with van der Waals surface area (Å²) in [5.74, 6) is -1.42. The molecule has 0 aromatic heterocycles. The average Bonchev–Trinajstić information content (AvgIpc) is 2.55. The first-order chi connectivity index (χ1) is 11.8. The SMILES string of the molecule is CC(=O)O[C@@H]1[C@@H](O)[C@@H](C)O[C@@H](O)[C@@H]1OC(=O)C=Cc1ccc(O)cc1. The molecule has 2 rings (SSSR count). The number of hydrogen-bond acceptors (Lipinski definition) is 8. The molecule has 1 aliphatic heterocycles. The first-order valence-electron chi connectivity index (χ1n) is 7.64. The van der Waals surface area contributed by atoms with Crippen LogP contribution in [-0.2, 0) is 23.8 Å². The third-order valence-corrected chi connectivity index (χ3v) is 3.64. The number of benzene rings is 1. The number of phenols is 1. The van der Waals surface area contributed by atoms with Crippen LogP contribution in [0.15, 0.2) is 30.3 Å². The first-order valence-corrected chi connectivity index (χ1v) is 7.64. The Morgan fingerprint density at radius 1 is 1.12 bits per heavy atom. The van der Waals surface area contributed by atoms with Crippen LogP contribution in [0.2, 0.25) is 0 Å². The van der Waals surface area contributed by atoms with Crippen LogP contribution >= 0.6 is 0 Å². The summed E-state index contributed by atoms with van der Waals surface area (Å²) in [5.41, 5.74) is 0.639. The summed E-state index contributed by atoms with van der Waals surface area (Å²) in [7, 11) is 0. The van der Waals surface area contributed by atoms with Crippen LogP contribution in [0.1, 0.15) is 19.4 Å². The monoisotopic (exact) mass is 352 g/mol. The van der Waals surface area contributed by atoms with E-state index in [1.54, 1.807) is 12.1 Å². The molecule has 1 aromatic rings. The van der Waals surface area contributed by atoms with Gasteiger partial charge < -0.3 is 29.5 Å². The van der Waals surface area contributed by atoms with Gasteiger partial charge in [0, 0.05) is 13.0 Å². The summed E-state index contributed by atoms with van der Waals surface area (Å²) in [4.78, 5) is 23.2. The second-order valence-corrected chi connectivity index (χ2v) is 5.62. The lowest BCUT2D eigenvalue weighted by Crippen LogP contribution is -2.59. The van der Waals surface area contributed by atoms with Crippen LogP contribution in [0.4, 0.5) is 0 Å². The number of carbonyl (C=O) groups excluding carboxylic acids is 2. The number of phenolic OH excluding ortho intramolecular Hbond substituents is 1. The minimum Gasteiger partial charge on any atom is -0.508 e. The van der Waals surface area contributed by atoms with Crippen molar-refractivity contribution in [3.05, 3.63) is 35.9 Å². The van der Waals surface area contributed by atoms with Crippen molar-refractivity contribution in [2.24, 2.45) is 0 Å². The number of ether oxygens (including phenoxy) is 3. The van der Waals surface area contributed by atoms with E-state index in [1.165, 1.54) is 25.1 Å². The molecule has 0 saturated carbocycles. The summed E-state index contributed by atoms with van der Waals surface area (Å²) >= 11 is 0. The van der Waals surface area contributed by atoms with E-state index in [9.17, 15) is 24.9 Å². The van der Waals surface area contributed by atoms with Gasteiger partial charge in [-0.25, -0.2) is 4.79 Å². The van der Waals surface area contributed by atoms with Gasteiger partial charge in [-0.2, -0.15) is 0 Å². The maximum atomic E-state index is 12.0. The lowest BCUT2D eigenvalue weighted by molar-refractivity contribution is -0.284. The second kappa shape index (κ2) is 8.11. The highest BCUT2D eigenvalue weighted by Gasteiger charge is 2.47. The highest BCUT2D eigenvalue weighted by atomic mass is 16.7. The van der Waals surface area contributed by atoms with Crippen molar-refractivity contribution in [2.45, 2.75) is 44.6 Å². The van der Waals surface area contributed by atoms with E-state index in [4.69, 9.17) is 14.2 Å². The molecule has 0 amide bonds. The Kier molecular flexibility index (Phi) is 6.13. The van der Waals surface area contributed by atoms with Crippen LogP contribution in [0, 0.1) is 0 Å². The number of rotatable bonds is 4. The van der Waals surface area contributed by atoms with Gasteiger partial charge in [0.2, 0.25) is 0 Å². The topological polar surface area (TPSA) is 123 Å². The molecule has 8 nitrogen and oxygen atoms in total. The summed E-state index contributed by atoms with van der Waals surface area (Å²) in [6, 6.07) is 6.09. The van der Waals surface area contributed by atoms with E-state index in [1.807, 2.05) is 0 Å². The zero-order chi connectivity index (χ0) is 18.6. The number of carbonyl (C=O) groups is 2. The van der Waals surface area contributed by atoms with E-state index >= 15 is 0 Å². The van der Waals surface area contributed by atoms with Gasteiger partial charge in [-0.1, -0.05) is 12.1 Å². The van der Waals surface area contributed by atoms with Gasteiger partial charge in [0.25, 0.3) is 0 Å². The second-order valence-electron chi connectivity index (χ2n) is 5.62. The molecular formula is C17H20O8. The molecule has 0 unspecified atom stereocenters. The largest absolute Gasteiger partial charge is 0.508 e. The van der Waals surface area contributed by atoms with Gasteiger partial charge in [0.05, 0.1) is 6.10 Å². The minimum atomic E-state index is -1.55. The Morgan fingerprint density at radius 3 is 2.36 bits per heavy atom. The Hall–Kier alpha value is -2.42. The van der Waals surface area contributed by atoms with E-state index in [0.29, 0.717) is 5.56 Å². The quantitative estimate of drug-likeness (QED) is 0.524. The number of aliphatic hydroxyl groups excluding tert-OH is 2. The fourth-order valence-electron chi connectivity index (χ4n) is 2.38. The van der Waals surface area contributed by atoms with Gasteiger partial charge >= 0.3 is 11.9 Å². The molecule has 3 N–H and O–H groups in total. The van der Waals surface area contributed by atoms with Crippen LogP contribution in [0.5, 0.6) is 5.75 Å². The van der Waals surface area contributed by atoms with Gasteiger partial charge in [-0.05, 0) is 30.7 Å². The smallest absolute Gasteiger partial charge is 0.331 e. The number of aromatic hydroxyl groups is 1. The van der Waals surface area contributed by atoms with Crippen molar-refractivity contribution in [3.8, 4) is 5.75 Å². The van der Waals surface area contributed by atoms with Gasteiger partial charge in [-0.3, -0.25) is 4.79 Å². The van der Waals surface area contributed by atoms with Crippen LogP contribution < -0.4 is 0 Å². The zero-order valence-corrected chi connectivity index (χ0v) is 13.7. The number of hydrogen-bond donors (Lipinski definition) is 3. The number of esters is 2. The first kappa shape index (κ1) is 18.9. The lowest BCUT2D eigenvalue weighted by Gasteiger charge is -2.40. The van der Waals surface area contributed by atoms with Gasteiger partial charge in [0.15, 0.2) is 18.5 Å². The summed E-state index contributed by atoms with van der Waals surface area (Å²) < 4.78 is 15.2. The van der Waals surface area contributed by atoms with Crippen molar-refractivity contribution in [1.82, 2.24) is 0 Å². The lowest BCUT2D eigenvalue weighted by atomic mass is 9.99. The fourth-order valence-corrected chi connectivity index (χ4v) is 2.38. The zero-order valence-electron chi connectivity index (χ0n) is 13.7. The predicted octanol–water partition coefficient (Wildman–Crippen LogP) is 0.347. The Bertz CT molecular complexity index is 639. The van der Waals surface area contributed by atoms with Crippen molar-refractivity contribution in [2.75, 3.05) is 0 Å². The van der Waals surface area contributed by atoms with Crippen LogP contribution in [-0.4, -0.2) is 58.0 Å². The summed E-state index contributed by atoms with van der Waals surface area (Å²) in [6.45, 7) is 2.63. The minimum absolute atomic E-state index is 0.0922. The molecule has 1 aromatic carbocycles. The summed E-state index contributed by atoms with van der Waals surface area (Å²) in [6.07, 6.45) is -3.68. The Balaban J connectivity index is 2.07. The third kappa shape index (κ3) is 5.02. The van der Waals surface area contributed by atoms with Gasteiger partial charge in [-0.15, -0.1) is 0 Å². The summed E-state index contributed by atoms with van der Waals surface area (Å²) in [5, 5.41) is 29.2. The fraction of sp³-hybridized carbons (Fsp3) is 0.412. The molecule has 1 aliphatic rings. The molecule has 136 valence electrons. The van der Waals surface area contributed by atoms with Crippen LogP contribution in [0.3, 0.4) is 0 Å². The maximum Gasteiger partial charge on any atom is 0.331 e. The van der Waals surface area contributed by atoms with E-state index in [0.717, 1.165) is 13.0 Å². The van der Waals surface area contributed by atoms with E-state index in [2.05, 4.69) is 0 Å². The van der Waals surface area contributed by atoms with Crippen LogP contribution in [0.25, 0.3) is 6.08 Å². The molecule has 0 bridgehead atoms. The molecule has 8 heteroatoms. The molecule has 0 spiro atoms. The number of aliphatic hydroxyl groups is 2. The molecule has 5 atom stereocenters. The maximum absolute atomic E-state index is 12.0.